The van der Waals surface area contributed by atoms with E-state index in [-0.39, 0.29) is 9.64 Å². The molecule has 1 atom stereocenters. The Morgan fingerprint density at radius 3 is 3.00 bits per heavy atom. The van der Waals surface area contributed by atoms with Gasteiger partial charge in [-0.2, -0.15) is 11.8 Å². The van der Waals surface area contributed by atoms with Crippen LogP contribution in [0.5, 0.6) is 0 Å². The van der Waals surface area contributed by atoms with Crippen LogP contribution < -0.4 is 10.5 Å². The van der Waals surface area contributed by atoms with E-state index in [4.69, 9.17) is 5.73 Å². The van der Waals surface area contributed by atoms with Crippen molar-refractivity contribution in [1.29, 1.82) is 0 Å². The Morgan fingerprint density at radius 1 is 1.48 bits per heavy atom. The van der Waals surface area contributed by atoms with Crippen LogP contribution in [0.25, 0.3) is 10.9 Å². The van der Waals surface area contributed by atoms with Gasteiger partial charge >= 0.3 is 0 Å². The van der Waals surface area contributed by atoms with Crippen LogP contribution in [-0.2, 0) is 10.0 Å². The van der Waals surface area contributed by atoms with Crippen molar-refractivity contribution in [3.63, 3.8) is 0 Å². The maximum atomic E-state index is 12.5. The van der Waals surface area contributed by atoms with Crippen molar-refractivity contribution in [2.45, 2.75) is 29.4 Å². The van der Waals surface area contributed by atoms with Gasteiger partial charge in [0.05, 0.1) is 0 Å². The van der Waals surface area contributed by atoms with E-state index in [2.05, 4.69) is 16.6 Å². The smallest absolute Gasteiger partial charge is 0.242 e. The van der Waals surface area contributed by atoms with Gasteiger partial charge in [-0.1, -0.05) is 0 Å². The van der Waals surface area contributed by atoms with Gasteiger partial charge in [-0.25, -0.2) is 13.1 Å². The molecule has 1 saturated heterocycles. The van der Waals surface area contributed by atoms with Crippen molar-refractivity contribution in [3.8, 4) is 0 Å². The molecule has 0 spiro atoms. The minimum absolute atomic E-state index is 0.00178. The van der Waals surface area contributed by atoms with Gasteiger partial charge in [0.1, 0.15) is 4.90 Å². The quantitative estimate of drug-likeness (QED) is 0.753. The summed E-state index contributed by atoms with van der Waals surface area (Å²) in [6, 6.07) is 5.23. The number of aromatic amines is 1. The lowest BCUT2D eigenvalue weighted by molar-refractivity contribution is 0.553. The lowest BCUT2D eigenvalue weighted by Crippen LogP contribution is -2.36. The molecular formula is C14H19N3O2S2. The van der Waals surface area contributed by atoms with Gasteiger partial charge < -0.3 is 10.7 Å². The third-order valence-electron chi connectivity index (χ3n) is 3.89. The number of hydrogen-bond donors (Lipinski definition) is 3. The molecule has 4 N–H and O–H groups in total. The van der Waals surface area contributed by atoms with Crippen molar-refractivity contribution in [2.75, 3.05) is 18.0 Å². The number of fused-ring (bicyclic) bond motifs is 1. The number of hydrogen-bond acceptors (Lipinski definition) is 4. The molecule has 114 valence electrons. The average molecular weight is 325 g/mol. The summed E-state index contributed by atoms with van der Waals surface area (Å²) >= 11 is 1.83. The molecule has 1 aliphatic heterocycles. The summed E-state index contributed by atoms with van der Waals surface area (Å²) in [4.78, 5) is 3.24. The van der Waals surface area contributed by atoms with Crippen LogP contribution in [0.3, 0.4) is 0 Å². The zero-order valence-electron chi connectivity index (χ0n) is 11.8. The van der Waals surface area contributed by atoms with Gasteiger partial charge in [0.25, 0.3) is 0 Å². The van der Waals surface area contributed by atoms with E-state index < -0.39 is 10.0 Å². The fourth-order valence-electron chi connectivity index (χ4n) is 2.64. The largest absolute Gasteiger partial charge is 0.399 e. The molecule has 2 heterocycles. The van der Waals surface area contributed by atoms with Gasteiger partial charge in [-0.15, -0.1) is 0 Å². The fraction of sp³-hybridized carbons (Fsp3) is 0.429. The average Bonchev–Trinajstić information content (AvgIpc) is 3.03. The number of H-pyrrole nitrogens is 1. The number of nitrogens with one attached hydrogen (secondary N) is 2. The second-order valence-electron chi connectivity index (χ2n) is 5.68. The Morgan fingerprint density at radius 2 is 2.29 bits per heavy atom. The first-order valence-corrected chi connectivity index (χ1v) is 9.37. The summed E-state index contributed by atoms with van der Waals surface area (Å²) in [5.74, 6) is 1.10. The SMILES string of the molecule is CC1(CNS(=O)(=O)c2c[nH]c3ccc(N)cc23)CCCS1. The van der Waals surface area contributed by atoms with Crippen molar-refractivity contribution in [1.82, 2.24) is 9.71 Å². The maximum Gasteiger partial charge on any atom is 0.242 e. The molecule has 1 aliphatic rings. The molecule has 0 amide bonds. The molecule has 0 bridgehead atoms. The number of nitrogen functional groups attached to an aromatic ring is 1. The predicted molar refractivity (Wildman–Crippen MR) is 88.0 cm³/mol. The third-order valence-corrected chi connectivity index (χ3v) is 6.87. The molecule has 21 heavy (non-hydrogen) atoms. The summed E-state index contributed by atoms with van der Waals surface area (Å²) in [5, 5.41) is 0.631. The van der Waals surface area contributed by atoms with Crippen LogP contribution in [0, 0.1) is 0 Å². The molecule has 3 rings (SSSR count). The monoisotopic (exact) mass is 325 g/mol. The molecular weight excluding hydrogens is 306 g/mol. The first kappa shape index (κ1) is 14.7. The Labute approximate surface area is 128 Å². The topological polar surface area (TPSA) is 88.0 Å². The summed E-state index contributed by atoms with van der Waals surface area (Å²) in [6.07, 6.45) is 3.71. The van der Waals surface area contributed by atoms with E-state index in [1.54, 1.807) is 18.2 Å². The van der Waals surface area contributed by atoms with Crippen LogP contribution >= 0.6 is 11.8 Å². The van der Waals surface area contributed by atoms with Crippen molar-refractivity contribution in [3.05, 3.63) is 24.4 Å². The zero-order chi connectivity index (χ0) is 15.1. The van der Waals surface area contributed by atoms with E-state index in [1.807, 2.05) is 11.8 Å². The van der Waals surface area contributed by atoms with E-state index in [1.165, 1.54) is 6.20 Å². The minimum Gasteiger partial charge on any atom is -0.399 e. The first-order valence-electron chi connectivity index (χ1n) is 6.90. The molecule has 1 aromatic heterocycles. The summed E-state index contributed by atoms with van der Waals surface area (Å²) in [7, 11) is -3.54. The fourth-order valence-corrected chi connectivity index (χ4v) is 5.31. The molecule has 1 unspecified atom stereocenters. The molecule has 0 aliphatic carbocycles. The predicted octanol–water partition coefficient (Wildman–Crippen LogP) is 2.31. The summed E-state index contributed by atoms with van der Waals surface area (Å²) < 4.78 is 27.8. The summed E-state index contributed by atoms with van der Waals surface area (Å²) in [5.41, 5.74) is 7.08. The number of anilines is 1. The molecule has 2 aromatic rings. The Balaban J connectivity index is 1.88. The highest BCUT2D eigenvalue weighted by Gasteiger charge is 2.31. The lowest BCUT2D eigenvalue weighted by Gasteiger charge is -2.22. The first-order chi connectivity index (χ1) is 9.90. The molecule has 0 saturated carbocycles. The van der Waals surface area contributed by atoms with Gasteiger partial charge in [0, 0.05) is 34.1 Å². The van der Waals surface area contributed by atoms with E-state index >= 15 is 0 Å². The van der Waals surface area contributed by atoms with Crippen LogP contribution in [0.4, 0.5) is 5.69 Å². The Kier molecular flexibility index (Phi) is 3.67. The highest BCUT2D eigenvalue weighted by atomic mass is 32.2. The number of aromatic nitrogens is 1. The van der Waals surface area contributed by atoms with Crippen LogP contribution in [0.15, 0.2) is 29.3 Å². The van der Waals surface area contributed by atoms with Crippen molar-refractivity contribution < 1.29 is 8.42 Å². The van der Waals surface area contributed by atoms with Gasteiger partial charge in [0.2, 0.25) is 10.0 Å². The van der Waals surface area contributed by atoms with E-state index in [0.29, 0.717) is 17.6 Å². The minimum atomic E-state index is -3.54. The third kappa shape index (κ3) is 2.90. The van der Waals surface area contributed by atoms with Crippen molar-refractivity contribution in [2.24, 2.45) is 0 Å². The van der Waals surface area contributed by atoms with E-state index in [0.717, 1.165) is 24.1 Å². The molecule has 1 fully saturated rings. The van der Waals surface area contributed by atoms with Crippen LogP contribution in [-0.4, -0.2) is 30.4 Å². The normalized spacial score (nSPS) is 22.9. The lowest BCUT2D eigenvalue weighted by atomic mass is 10.1. The number of benzene rings is 1. The highest BCUT2D eigenvalue weighted by molar-refractivity contribution is 8.01. The Bertz CT molecular complexity index is 762. The van der Waals surface area contributed by atoms with Gasteiger partial charge in [-0.05, 0) is 43.7 Å². The van der Waals surface area contributed by atoms with Crippen molar-refractivity contribution >= 4 is 38.4 Å². The number of rotatable bonds is 4. The zero-order valence-corrected chi connectivity index (χ0v) is 13.5. The summed E-state index contributed by atoms with van der Waals surface area (Å²) in [6.45, 7) is 2.56. The number of thioether (sulfide) groups is 1. The molecule has 1 aromatic carbocycles. The van der Waals surface area contributed by atoms with Crippen LogP contribution in [0.1, 0.15) is 19.8 Å². The standard InChI is InChI=1S/C14H19N3O2S2/c1-14(5-2-6-20-14)9-17-21(18,19)13-8-16-12-4-3-10(15)7-11(12)13/h3-4,7-8,16-17H,2,5-6,9,15H2,1H3. The highest BCUT2D eigenvalue weighted by Crippen LogP contribution is 2.37. The maximum absolute atomic E-state index is 12.5. The molecule has 5 nitrogen and oxygen atoms in total. The molecule has 0 radical (unpaired) electrons. The van der Waals surface area contributed by atoms with Gasteiger partial charge in [-0.3, -0.25) is 0 Å². The van der Waals surface area contributed by atoms with E-state index in [9.17, 15) is 8.42 Å². The molecule has 7 heteroatoms. The number of sulfonamides is 1. The second kappa shape index (κ2) is 5.23. The number of nitrogens with two attached hydrogens (primary N) is 1. The van der Waals surface area contributed by atoms with Crippen LogP contribution in [0.2, 0.25) is 0 Å². The Hall–Kier alpha value is -1.18. The van der Waals surface area contributed by atoms with Gasteiger partial charge in [0.15, 0.2) is 0 Å². The second-order valence-corrected chi connectivity index (χ2v) is 9.10.